The molecule has 1 fully saturated rings. The summed E-state index contributed by atoms with van der Waals surface area (Å²) >= 11 is -0.637. The van der Waals surface area contributed by atoms with Gasteiger partial charge in [-0.1, -0.05) is 12.2 Å². The third kappa shape index (κ3) is 3.54. The van der Waals surface area contributed by atoms with Crippen molar-refractivity contribution in [3.05, 3.63) is 34.7 Å². The number of allylic oxidation sites excluding steroid dienone is 4. The van der Waals surface area contributed by atoms with Crippen LogP contribution in [-0.4, -0.2) is 41.8 Å². The van der Waals surface area contributed by atoms with Crippen LogP contribution >= 0.6 is 0 Å². The Morgan fingerprint density at radius 1 is 1.11 bits per heavy atom. The second-order valence-electron chi connectivity index (χ2n) is 4.73. The molecule has 2 bridgehead atoms. The molecular weight excluding hydrogens is 307 g/mol. The van der Waals surface area contributed by atoms with Crippen LogP contribution in [0.1, 0.15) is 19.3 Å². The van der Waals surface area contributed by atoms with E-state index in [1.54, 1.807) is 10.9 Å². The van der Waals surface area contributed by atoms with Crippen LogP contribution in [0, 0.1) is 11.8 Å². The van der Waals surface area contributed by atoms with Crippen LogP contribution in [0.15, 0.2) is 34.7 Å². The van der Waals surface area contributed by atoms with Crippen LogP contribution in [0.2, 0.25) is 0 Å². The number of fused-ring (bicyclic) bond motifs is 2. The minimum atomic E-state index is -1.17. The van der Waals surface area contributed by atoms with Crippen LogP contribution in [0.3, 0.4) is 0 Å². The summed E-state index contributed by atoms with van der Waals surface area (Å²) in [5.74, 6) is -0.324. The van der Waals surface area contributed by atoms with Gasteiger partial charge < -0.3 is 0 Å². The Hall–Kier alpha value is -1.41. The van der Waals surface area contributed by atoms with Gasteiger partial charge in [0.05, 0.1) is 0 Å². The summed E-state index contributed by atoms with van der Waals surface area (Å²) in [6.45, 7) is 0. The van der Waals surface area contributed by atoms with Crippen LogP contribution in [-0.2, 0) is 9.59 Å². The second-order valence-corrected chi connectivity index (χ2v) is 6.83. The summed E-state index contributed by atoms with van der Waals surface area (Å²) in [6, 6.07) is 0. The van der Waals surface area contributed by atoms with E-state index in [2.05, 4.69) is 12.2 Å². The van der Waals surface area contributed by atoms with Gasteiger partial charge in [0, 0.05) is 0 Å². The first-order valence-electron chi connectivity index (χ1n) is 6.18. The van der Waals surface area contributed by atoms with E-state index in [0.717, 1.165) is 11.8 Å². The average molecular weight is 322 g/mol. The van der Waals surface area contributed by atoms with E-state index in [0.29, 0.717) is 0 Å². The Morgan fingerprint density at radius 2 is 1.74 bits per heavy atom. The zero-order valence-electron chi connectivity index (χ0n) is 10.3. The van der Waals surface area contributed by atoms with E-state index in [1.165, 1.54) is 25.3 Å². The van der Waals surface area contributed by atoms with Crippen molar-refractivity contribution in [2.24, 2.45) is 11.8 Å². The molecule has 0 amide bonds. The molecule has 0 aromatic carbocycles. The van der Waals surface area contributed by atoms with Gasteiger partial charge in [0.1, 0.15) is 0 Å². The van der Waals surface area contributed by atoms with Gasteiger partial charge in [0.15, 0.2) is 0 Å². The van der Waals surface area contributed by atoms with Crippen molar-refractivity contribution in [1.82, 2.24) is 0 Å². The number of carboxylic acids is 2. The molecule has 1 saturated carbocycles. The topological polar surface area (TPSA) is 74.6 Å². The third-order valence-corrected chi connectivity index (χ3v) is 5.53. The van der Waals surface area contributed by atoms with Crippen molar-refractivity contribution in [3.63, 3.8) is 0 Å². The molecule has 0 radical (unpaired) electrons. The summed E-state index contributed by atoms with van der Waals surface area (Å²) in [4.78, 5) is 22.7. The first-order valence-corrected chi connectivity index (χ1v) is 8.20. The van der Waals surface area contributed by atoms with Crippen molar-refractivity contribution in [1.29, 1.82) is 0 Å². The van der Waals surface area contributed by atoms with E-state index in [1.807, 2.05) is 0 Å². The number of aliphatic carboxylic acids is 2. The maximum atomic E-state index is 10.5. The molecule has 2 atom stereocenters. The SMILES string of the molecule is C1=CC2CCC1C2.O=C(O)C1=CC=C[As]=C1C(=O)O. The molecule has 0 spiro atoms. The Labute approximate surface area is 117 Å². The molecule has 2 unspecified atom stereocenters. The number of hydrogen-bond acceptors (Lipinski definition) is 2. The van der Waals surface area contributed by atoms with Crippen LogP contribution in [0.4, 0.5) is 0 Å². The summed E-state index contributed by atoms with van der Waals surface area (Å²) in [6.07, 6.45) is 12.1. The Bertz CT molecular complexity index is 470. The number of carbonyl (C=O) groups is 2. The molecule has 100 valence electrons. The van der Waals surface area contributed by atoms with Gasteiger partial charge >= 0.3 is 73.9 Å². The first-order chi connectivity index (χ1) is 9.08. The predicted molar refractivity (Wildman–Crippen MR) is 73.2 cm³/mol. The quantitative estimate of drug-likeness (QED) is 0.596. The molecule has 4 nitrogen and oxygen atoms in total. The fourth-order valence-electron chi connectivity index (χ4n) is 2.46. The van der Waals surface area contributed by atoms with Gasteiger partial charge in [-0.3, -0.25) is 0 Å². The Morgan fingerprint density at radius 3 is 2.05 bits per heavy atom. The van der Waals surface area contributed by atoms with Gasteiger partial charge in [-0.25, -0.2) is 0 Å². The van der Waals surface area contributed by atoms with E-state index in [9.17, 15) is 9.59 Å². The van der Waals surface area contributed by atoms with E-state index < -0.39 is 27.2 Å². The van der Waals surface area contributed by atoms with Gasteiger partial charge in [-0.2, -0.15) is 0 Å². The summed E-state index contributed by atoms with van der Waals surface area (Å²) in [5.41, 5.74) is -0.0926. The molecule has 5 heteroatoms. The van der Waals surface area contributed by atoms with E-state index in [4.69, 9.17) is 10.2 Å². The molecule has 0 aromatic rings. The van der Waals surface area contributed by atoms with Crippen molar-refractivity contribution >= 4 is 31.6 Å². The number of rotatable bonds is 2. The van der Waals surface area contributed by atoms with Crippen molar-refractivity contribution < 1.29 is 19.8 Å². The molecular formula is C14H15AsO4. The first kappa shape index (κ1) is 14.0. The Balaban J connectivity index is 0.000000159. The number of hydrogen-bond donors (Lipinski definition) is 2. The third-order valence-electron chi connectivity index (χ3n) is 3.41. The minimum absolute atomic E-state index is 0.0289. The zero-order valence-corrected chi connectivity index (χ0v) is 12.2. The molecule has 3 aliphatic rings. The molecule has 0 aromatic heterocycles. The molecule has 1 aliphatic heterocycles. The summed E-state index contributed by atoms with van der Waals surface area (Å²) in [7, 11) is 0. The fraction of sp³-hybridized carbons (Fsp3) is 0.357. The van der Waals surface area contributed by atoms with Crippen LogP contribution in [0.25, 0.3) is 0 Å². The van der Waals surface area contributed by atoms with Crippen molar-refractivity contribution in [2.75, 3.05) is 0 Å². The standard InChI is InChI=1S/C7H5AsO4.C7H10/c9-6(10)4-2-1-3-8-5(4)7(11)12;1-2-7-4-3-6(1)5-7/h1-3H,(H,9,10)(H,11,12);1-2,6-7H,3-5H2. The van der Waals surface area contributed by atoms with E-state index in [-0.39, 0.29) is 9.88 Å². The average Bonchev–Trinajstić information content (AvgIpc) is 3.04. The molecule has 1 heterocycles. The fourth-order valence-corrected chi connectivity index (χ4v) is 4.02. The molecule has 0 saturated heterocycles. The van der Waals surface area contributed by atoms with Gasteiger partial charge in [-0.15, -0.1) is 0 Å². The maximum absolute atomic E-state index is 10.5. The molecule has 3 rings (SSSR count). The molecule has 19 heavy (non-hydrogen) atoms. The Kier molecular flexibility index (Phi) is 4.54. The van der Waals surface area contributed by atoms with Crippen LogP contribution < -0.4 is 0 Å². The van der Waals surface area contributed by atoms with Gasteiger partial charge in [-0.05, 0) is 31.1 Å². The normalized spacial score (nSPS) is 27.2. The van der Waals surface area contributed by atoms with Gasteiger partial charge in [0.25, 0.3) is 0 Å². The van der Waals surface area contributed by atoms with Crippen molar-refractivity contribution in [2.45, 2.75) is 19.3 Å². The summed E-state index contributed by atoms with van der Waals surface area (Å²) in [5, 5.41) is 17.2. The zero-order chi connectivity index (χ0) is 13.8. The second kappa shape index (κ2) is 6.16. The molecule has 2 N–H and O–H groups in total. The van der Waals surface area contributed by atoms with E-state index >= 15 is 0 Å². The molecule has 2 aliphatic carbocycles. The predicted octanol–water partition coefficient (Wildman–Crippen LogP) is 1.46. The number of carboxylic acid groups (broad SMARTS) is 2. The van der Waals surface area contributed by atoms with Crippen molar-refractivity contribution in [3.8, 4) is 0 Å². The van der Waals surface area contributed by atoms with Crippen LogP contribution in [0.5, 0.6) is 0 Å². The van der Waals surface area contributed by atoms with Gasteiger partial charge in [0.2, 0.25) is 0 Å². The summed E-state index contributed by atoms with van der Waals surface area (Å²) < 4.78 is 0.0289. The monoisotopic (exact) mass is 322 g/mol.